The van der Waals surface area contributed by atoms with Crippen molar-refractivity contribution >= 4 is 33.4 Å². The van der Waals surface area contributed by atoms with Crippen LogP contribution in [0.1, 0.15) is 30.6 Å². The molecule has 154 valence electrons. The molecule has 30 heavy (non-hydrogen) atoms. The van der Waals surface area contributed by atoms with E-state index in [-0.39, 0.29) is 30.2 Å². The van der Waals surface area contributed by atoms with Gasteiger partial charge in [0.2, 0.25) is 11.8 Å². The quantitative estimate of drug-likeness (QED) is 0.613. The standard InChI is InChI=1S/C23H23BrN4O2/c1-15(19-13-25-28(16(19)2)18-8-4-3-5-9-18)26-23(30)17-12-22(29)27(14-17)21-11-7-6-10-20(21)24/h3-11,13,15,17H,12,14H2,1-2H3,(H,26,30). The molecule has 7 heteroatoms. The minimum atomic E-state index is -0.378. The van der Waals surface area contributed by atoms with Gasteiger partial charge in [0.15, 0.2) is 0 Å². The molecule has 1 aliphatic rings. The lowest BCUT2D eigenvalue weighted by molar-refractivity contribution is -0.126. The molecule has 2 unspecified atom stereocenters. The Bertz CT molecular complexity index is 1080. The van der Waals surface area contributed by atoms with Gasteiger partial charge >= 0.3 is 0 Å². The molecule has 1 aromatic heterocycles. The maximum atomic E-state index is 12.9. The van der Waals surface area contributed by atoms with Gasteiger partial charge in [0, 0.05) is 28.7 Å². The molecule has 0 bridgehead atoms. The molecule has 0 spiro atoms. The average molecular weight is 467 g/mol. The molecule has 2 atom stereocenters. The van der Waals surface area contributed by atoms with Crippen molar-refractivity contribution in [1.29, 1.82) is 0 Å². The summed E-state index contributed by atoms with van der Waals surface area (Å²) in [6.07, 6.45) is 2.00. The van der Waals surface area contributed by atoms with Crippen LogP contribution in [0.15, 0.2) is 65.3 Å². The third-order valence-electron chi connectivity index (χ3n) is 5.51. The molecule has 1 N–H and O–H groups in total. The summed E-state index contributed by atoms with van der Waals surface area (Å²) in [6.45, 7) is 4.31. The number of benzene rings is 2. The zero-order valence-corrected chi connectivity index (χ0v) is 18.5. The van der Waals surface area contributed by atoms with Gasteiger partial charge in [0.1, 0.15) is 0 Å². The van der Waals surface area contributed by atoms with Gasteiger partial charge in [-0.2, -0.15) is 5.10 Å². The molecule has 2 aromatic carbocycles. The Morgan fingerprint density at radius 3 is 2.60 bits per heavy atom. The van der Waals surface area contributed by atoms with Crippen molar-refractivity contribution in [2.45, 2.75) is 26.3 Å². The number of amides is 2. The Balaban J connectivity index is 1.45. The van der Waals surface area contributed by atoms with E-state index in [2.05, 4.69) is 26.3 Å². The van der Waals surface area contributed by atoms with Crippen LogP contribution < -0.4 is 10.2 Å². The van der Waals surface area contributed by atoms with E-state index in [9.17, 15) is 9.59 Å². The van der Waals surface area contributed by atoms with Gasteiger partial charge in [-0.15, -0.1) is 0 Å². The number of para-hydroxylation sites is 2. The highest BCUT2D eigenvalue weighted by molar-refractivity contribution is 9.10. The van der Waals surface area contributed by atoms with Gasteiger partial charge in [0.25, 0.3) is 0 Å². The topological polar surface area (TPSA) is 67.2 Å². The predicted octanol–water partition coefficient (Wildman–Crippen LogP) is 4.17. The molecule has 6 nitrogen and oxygen atoms in total. The maximum absolute atomic E-state index is 12.9. The first-order valence-electron chi connectivity index (χ1n) is 9.91. The summed E-state index contributed by atoms with van der Waals surface area (Å²) in [5.41, 5.74) is 3.71. The van der Waals surface area contributed by atoms with Crippen LogP contribution in [-0.2, 0) is 9.59 Å². The van der Waals surface area contributed by atoms with E-state index in [0.717, 1.165) is 27.1 Å². The first kappa shape index (κ1) is 20.3. The van der Waals surface area contributed by atoms with Crippen LogP contribution in [0.2, 0.25) is 0 Å². The average Bonchev–Trinajstić information content (AvgIpc) is 3.32. The Morgan fingerprint density at radius 2 is 1.87 bits per heavy atom. The third kappa shape index (κ3) is 3.89. The maximum Gasteiger partial charge on any atom is 0.227 e. The Labute approximate surface area is 184 Å². The van der Waals surface area contributed by atoms with E-state index in [4.69, 9.17) is 0 Å². The summed E-state index contributed by atoms with van der Waals surface area (Å²) in [4.78, 5) is 27.1. The molecule has 1 fully saturated rings. The van der Waals surface area contributed by atoms with Crippen molar-refractivity contribution in [3.63, 3.8) is 0 Å². The van der Waals surface area contributed by atoms with Gasteiger partial charge in [0.05, 0.1) is 29.5 Å². The molecular weight excluding hydrogens is 444 g/mol. The Morgan fingerprint density at radius 1 is 1.17 bits per heavy atom. The van der Waals surface area contributed by atoms with Crippen LogP contribution in [0.5, 0.6) is 0 Å². The molecule has 0 radical (unpaired) electrons. The predicted molar refractivity (Wildman–Crippen MR) is 119 cm³/mol. The zero-order chi connectivity index (χ0) is 21.3. The summed E-state index contributed by atoms with van der Waals surface area (Å²) in [5, 5.41) is 7.55. The van der Waals surface area contributed by atoms with E-state index >= 15 is 0 Å². The fourth-order valence-electron chi connectivity index (χ4n) is 3.87. The van der Waals surface area contributed by atoms with Crippen LogP contribution in [0, 0.1) is 12.8 Å². The fraction of sp³-hybridized carbons (Fsp3) is 0.261. The molecule has 0 aliphatic carbocycles. The van der Waals surface area contributed by atoms with Crippen LogP contribution in [0.3, 0.4) is 0 Å². The lowest BCUT2D eigenvalue weighted by Gasteiger charge is -2.19. The summed E-state index contributed by atoms with van der Waals surface area (Å²) < 4.78 is 2.71. The summed E-state index contributed by atoms with van der Waals surface area (Å²) in [7, 11) is 0. The second kappa shape index (κ2) is 8.44. The first-order chi connectivity index (χ1) is 14.5. The smallest absolute Gasteiger partial charge is 0.227 e. The number of aromatic nitrogens is 2. The highest BCUT2D eigenvalue weighted by Crippen LogP contribution is 2.31. The number of carbonyl (C=O) groups is 2. The van der Waals surface area contributed by atoms with Crippen molar-refractivity contribution in [2.75, 3.05) is 11.4 Å². The van der Waals surface area contributed by atoms with Gasteiger partial charge in [-0.05, 0) is 54.0 Å². The number of anilines is 1. The van der Waals surface area contributed by atoms with E-state index in [1.165, 1.54) is 0 Å². The van der Waals surface area contributed by atoms with Gasteiger partial charge < -0.3 is 10.2 Å². The van der Waals surface area contributed by atoms with Crippen LogP contribution in [0.25, 0.3) is 5.69 Å². The van der Waals surface area contributed by atoms with Crippen molar-refractivity contribution in [3.8, 4) is 5.69 Å². The molecular formula is C23H23BrN4O2. The largest absolute Gasteiger partial charge is 0.349 e. The summed E-state index contributed by atoms with van der Waals surface area (Å²) >= 11 is 3.49. The van der Waals surface area contributed by atoms with Crippen molar-refractivity contribution in [1.82, 2.24) is 15.1 Å². The fourth-order valence-corrected chi connectivity index (χ4v) is 4.37. The number of rotatable bonds is 5. The van der Waals surface area contributed by atoms with Crippen LogP contribution in [0.4, 0.5) is 5.69 Å². The molecule has 1 saturated heterocycles. The van der Waals surface area contributed by atoms with Crippen molar-refractivity contribution in [3.05, 3.63) is 76.5 Å². The number of hydrogen-bond acceptors (Lipinski definition) is 3. The van der Waals surface area contributed by atoms with Crippen LogP contribution in [-0.4, -0.2) is 28.1 Å². The first-order valence-corrected chi connectivity index (χ1v) is 10.7. The SMILES string of the molecule is Cc1c(C(C)NC(=O)C2CC(=O)N(c3ccccc3Br)C2)cnn1-c1ccccc1. The molecule has 1 aliphatic heterocycles. The molecule has 0 saturated carbocycles. The third-order valence-corrected chi connectivity index (χ3v) is 6.18. The Hall–Kier alpha value is -2.93. The lowest BCUT2D eigenvalue weighted by Crippen LogP contribution is -2.34. The summed E-state index contributed by atoms with van der Waals surface area (Å²) in [5.74, 6) is -0.531. The number of halogens is 1. The second-order valence-electron chi connectivity index (χ2n) is 7.52. The van der Waals surface area contributed by atoms with E-state index in [1.54, 1.807) is 11.1 Å². The highest BCUT2D eigenvalue weighted by atomic mass is 79.9. The van der Waals surface area contributed by atoms with Crippen molar-refractivity contribution < 1.29 is 9.59 Å². The number of nitrogens with one attached hydrogen (secondary N) is 1. The minimum absolute atomic E-state index is 0.0391. The number of nitrogens with zero attached hydrogens (tertiary/aromatic N) is 3. The van der Waals surface area contributed by atoms with Gasteiger partial charge in [-0.1, -0.05) is 30.3 Å². The molecule has 4 rings (SSSR count). The van der Waals surface area contributed by atoms with Gasteiger partial charge in [-0.25, -0.2) is 4.68 Å². The van der Waals surface area contributed by atoms with Crippen molar-refractivity contribution in [2.24, 2.45) is 5.92 Å². The normalized spacial score (nSPS) is 17.2. The van der Waals surface area contributed by atoms with E-state index in [1.807, 2.05) is 73.1 Å². The lowest BCUT2D eigenvalue weighted by atomic mass is 10.1. The monoisotopic (exact) mass is 466 g/mol. The summed E-state index contributed by atoms with van der Waals surface area (Å²) in [6, 6.07) is 17.2. The number of hydrogen-bond donors (Lipinski definition) is 1. The molecule has 2 amide bonds. The minimum Gasteiger partial charge on any atom is -0.349 e. The van der Waals surface area contributed by atoms with E-state index in [0.29, 0.717) is 6.54 Å². The Kier molecular flexibility index (Phi) is 5.72. The molecule has 3 aromatic rings. The highest BCUT2D eigenvalue weighted by Gasteiger charge is 2.36. The van der Waals surface area contributed by atoms with E-state index < -0.39 is 0 Å². The van der Waals surface area contributed by atoms with Crippen LogP contribution >= 0.6 is 15.9 Å². The zero-order valence-electron chi connectivity index (χ0n) is 16.9. The number of carbonyl (C=O) groups excluding carboxylic acids is 2. The molecule has 2 heterocycles. The second-order valence-corrected chi connectivity index (χ2v) is 8.37. The van der Waals surface area contributed by atoms with Gasteiger partial charge in [-0.3, -0.25) is 9.59 Å².